The van der Waals surface area contributed by atoms with Crippen molar-refractivity contribution in [3.63, 3.8) is 0 Å². The molecular formula is C15H13F3N2O. The lowest BCUT2D eigenvalue weighted by molar-refractivity contribution is -0.274. The first-order chi connectivity index (χ1) is 10.0. The number of ether oxygens (including phenoxy) is 1. The van der Waals surface area contributed by atoms with Crippen LogP contribution in [-0.4, -0.2) is 17.9 Å². The minimum Gasteiger partial charge on any atom is -0.404 e. The van der Waals surface area contributed by atoms with Crippen molar-refractivity contribution in [2.75, 3.05) is 11.4 Å². The van der Waals surface area contributed by atoms with Crippen molar-refractivity contribution in [2.45, 2.75) is 19.3 Å². The summed E-state index contributed by atoms with van der Waals surface area (Å²) in [5.41, 5.74) is 2.53. The average Bonchev–Trinajstić information content (AvgIpc) is 2.46. The molecule has 2 aromatic rings. The molecule has 1 aromatic heterocycles. The van der Waals surface area contributed by atoms with Crippen LogP contribution >= 0.6 is 0 Å². The van der Waals surface area contributed by atoms with E-state index in [-0.39, 0.29) is 5.75 Å². The minimum absolute atomic E-state index is 0.302. The average molecular weight is 294 g/mol. The number of hydrogen-bond donors (Lipinski definition) is 0. The molecule has 110 valence electrons. The highest BCUT2D eigenvalue weighted by molar-refractivity contribution is 5.45. The summed E-state index contributed by atoms with van der Waals surface area (Å²) in [7, 11) is 0. The fourth-order valence-corrected chi connectivity index (χ4v) is 2.44. The zero-order chi connectivity index (χ0) is 14.9. The van der Waals surface area contributed by atoms with E-state index in [2.05, 4.69) is 21.9 Å². The number of benzene rings is 1. The molecule has 3 nitrogen and oxygen atoms in total. The van der Waals surface area contributed by atoms with Gasteiger partial charge in [-0.25, -0.2) is 4.98 Å². The fourth-order valence-electron chi connectivity index (χ4n) is 2.44. The first kappa shape index (κ1) is 13.7. The molecule has 0 N–H and O–H groups in total. The second kappa shape index (κ2) is 5.27. The van der Waals surface area contributed by atoms with Gasteiger partial charge in [-0.15, -0.1) is 13.2 Å². The molecule has 0 bridgehead atoms. The lowest BCUT2D eigenvalue weighted by atomic mass is 10.00. The molecular weight excluding hydrogens is 281 g/mol. The highest BCUT2D eigenvalue weighted by atomic mass is 19.4. The SMILES string of the molecule is FC(F)(F)Oc1ccc(N2CCc3ccccc3C2)nc1. The summed E-state index contributed by atoms with van der Waals surface area (Å²) in [4.78, 5) is 6.10. The van der Waals surface area contributed by atoms with Gasteiger partial charge >= 0.3 is 6.36 Å². The predicted molar refractivity (Wildman–Crippen MR) is 72.1 cm³/mol. The molecule has 0 unspecified atom stereocenters. The van der Waals surface area contributed by atoms with Gasteiger partial charge in [0, 0.05) is 13.1 Å². The summed E-state index contributed by atoms with van der Waals surface area (Å²) in [6.45, 7) is 1.51. The lowest BCUT2D eigenvalue weighted by Crippen LogP contribution is -2.30. The van der Waals surface area contributed by atoms with Crippen molar-refractivity contribution in [3.05, 3.63) is 53.7 Å². The van der Waals surface area contributed by atoms with Crippen molar-refractivity contribution in [1.82, 2.24) is 4.98 Å². The molecule has 0 aliphatic carbocycles. The van der Waals surface area contributed by atoms with Crippen molar-refractivity contribution >= 4 is 5.82 Å². The van der Waals surface area contributed by atoms with E-state index >= 15 is 0 Å². The molecule has 1 aliphatic rings. The van der Waals surface area contributed by atoms with Crippen LogP contribution in [0.15, 0.2) is 42.6 Å². The van der Waals surface area contributed by atoms with Gasteiger partial charge in [0.05, 0.1) is 6.20 Å². The summed E-state index contributed by atoms with van der Waals surface area (Å²) in [5.74, 6) is 0.350. The molecule has 3 rings (SSSR count). The Bertz CT molecular complexity index is 626. The maximum atomic E-state index is 12.1. The first-order valence-electron chi connectivity index (χ1n) is 6.55. The number of halogens is 3. The van der Waals surface area contributed by atoms with E-state index in [4.69, 9.17) is 0 Å². The second-order valence-corrected chi connectivity index (χ2v) is 4.84. The Kier molecular flexibility index (Phi) is 3.45. The normalized spacial score (nSPS) is 14.7. The molecule has 6 heteroatoms. The van der Waals surface area contributed by atoms with Crippen LogP contribution < -0.4 is 9.64 Å². The van der Waals surface area contributed by atoms with Gasteiger partial charge in [0.1, 0.15) is 11.6 Å². The Labute approximate surface area is 120 Å². The molecule has 0 fully saturated rings. The largest absolute Gasteiger partial charge is 0.573 e. The number of pyridine rings is 1. The highest BCUT2D eigenvalue weighted by Gasteiger charge is 2.31. The maximum absolute atomic E-state index is 12.1. The summed E-state index contributed by atoms with van der Waals surface area (Å²) in [6, 6.07) is 11.0. The number of nitrogens with zero attached hydrogens (tertiary/aromatic N) is 2. The van der Waals surface area contributed by atoms with Gasteiger partial charge in [-0.2, -0.15) is 0 Å². The van der Waals surface area contributed by atoms with Gasteiger partial charge in [0.15, 0.2) is 0 Å². The molecule has 1 aromatic carbocycles. The zero-order valence-electron chi connectivity index (χ0n) is 11.1. The standard InChI is InChI=1S/C15H13F3N2O/c16-15(17,18)21-13-5-6-14(19-9-13)20-8-7-11-3-1-2-4-12(11)10-20/h1-6,9H,7-8,10H2. The molecule has 21 heavy (non-hydrogen) atoms. The number of aromatic nitrogens is 1. The Morgan fingerprint density at radius 3 is 2.48 bits per heavy atom. The van der Waals surface area contributed by atoms with E-state index in [9.17, 15) is 13.2 Å². The number of fused-ring (bicyclic) bond motifs is 1. The fraction of sp³-hybridized carbons (Fsp3) is 0.267. The van der Waals surface area contributed by atoms with Gasteiger partial charge in [0.2, 0.25) is 0 Å². The Balaban J connectivity index is 1.74. The van der Waals surface area contributed by atoms with Crippen molar-refractivity contribution in [1.29, 1.82) is 0 Å². The van der Waals surface area contributed by atoms with Crippen LogP contribution in [0.2, 0.25) is 0 Å². The van der Waals surface area contributed by atoms with E-state index in [0.29, 0.717) is 12.4 Å². The van der Waals surface area contributed by atoms with Crippen LogP contribution in [0, 0.1) is 0 Å². The lowest BCUT2D eigenvalue weighted by Gasteiger charge is -2.29. The smallest absolute Gasteiger partial charge is 0.404 e. The molecule has 0 spiro atoms. The van der Waals surface area contributed by atoms with Gasteiger partial charge in [0.25, 0.3) is 0 Å². The summed E-state index contributed by atoms with van der Waals surface area (Å²) in [6.07, 6.45) is -2.69. The van der Waals surface area contributed by atoms with E-state index in [1.54, 1.807) is 6.07 Å². The summed E-state index contributed by atoms with van der Waals surface area (Å²) in [5, 5.41) is 0. The van der Waals surface area contributed by atoms with Gasteiger partial charge in [-0.3, -0.25) is 0 Å². The highest BCUT2D eigenvalue weighted by Crippen LogP contribution is 2.26. The van der Waals surface area contributed by atoms with Crippen LogP contribution in [0.4, 0.5) is 19.0 Å². The molecule has 0 atom stereocenters. The monoisotopic (exact) mass is 294 g/mol. The molecule has 0 amide bonds. The second-order valence-electron chi connectivity index (χ2n) is 4.84. The third-order valence-corrected chi connectivity index (χ3v) is 3.41. The van der Waals surface area contributed by atoms with Crippen molar-refractivity contribution in [2.24, 2.45) is 0 Å². The van der Waals surface area contributed by atoms with Crippen LogP contribution in [0.25, 0.3) is 0 Å². The van der Waals surface area contributed by atoms with Crippen molar-refractivity contribution in [3.8, 4) is 5.75 Å². The maximum Gasteiger partial charge on any atom is 0.573 e. The number of anilines is 1. The Morgan fingerprint density at radius 2 is 1.81 bits per heavy atom. The number of hydrogen-bond acceptors (Lipinski definition) is 3. The van der Waals surface area contributed by atoms with Crippen LogP contribution in [-0.2, 0) is 13.0 Å². The van der Waals surface area contributed by atoms with Crippen LogP contribution in [0.3, 0.4) is 0 Å². The molecule has 2 heterocycles. The third-order valence-electron chi connectivity index (χ3n) is 3.41. The Hall–Kier alpha value is -2.24. The van der Waals surface area contributed by atoms with Gasteiger partial charge in [-0.05, 0) is 29.7 Å². The first-order valence-corrected chi connectivity index (χ1v) is 6.55. The van der Waals surface area contributed by atoms with Gasteiger partial charge in [-0.1, -0.05) is 24.3 Å². The third kappa shape index (κ3) is 3.26. The van der Waals surface area contributed by atoms with Crippen molar-refractivity contribution < 1.29 is 17.9 Å². The quantitative estimate of drug-likeness (QED) is 0.847. The molecule has 0 saturated heterocycles. The zero-order valence-corrected chi connectivity index (χ0v) is 11.1. The number of alkyl halides is 3. The van der Waals surface area contributed by atoms with E-state index in [1.807, 2.05) is 17.0 Å². The number of rotatable bonds is 2. The van der Waals surface area contributed by atoms with Crippen LogP contribution in [0.1, 0.15) is 11.1 Å². The summed E-state index contributed by atoms with van der Waals surface area (Å²) < 4.78 is 40.1. The van der Waals surface area contributed by atoms with Crippen LogP contribution in [0.5, 0.6) is 5.75 Å². The van der Waals surface area contributed by atoms with Gasteiger partial charge < -0.3 is 9.64 Å². The van der Waals surface area contributed by atoms with E-state index in [1.165, 1.54) is 17.2 Å². The molecule has 0 saturated carbocycles. The molecule has 1 aliphatic heterocycles. The summed E-state index contributed by atoms with van der Waals surface area (Å²) >= 11 is 0. The molecule has 0 radical (unpaired) electrons. The predicted octanol–water partition coefficient (Wildman–Crippen LogP) is 3.54. The Morgan fingerprint density at radius 1 is 1.05 bits per heavy atom. The minimum atomic E-state index is -4.69. The topological polar surface area (TPSA) is 25.4 Å². The van der Waals surface area contributed by atoms with E-state index in [0.717, 1.165) is 19.2 Å². The van der Waals surface area contributed by atoms with E-state index < -0.39 is 6.36 Å².